The number of amides is 1. The van der Waals surface area contributed by atoms with Crippen LogP contribution in [0.4, 0.5) is 11.5 Å². The lowest BCUT2D eigenvalue weighted by Crippen LogP contribution is -2.45. The predicted octanol–water partition coefficient (Wildman–Crippen LogP) is 2.74. The molecule has 0 bridgehead atoms. The Kier molecular flexibility index (Phi) is 5.34. The van der Waals surface area contributed by atoms with Gasteiger partial charge in [0.25, 0.3) is 0 Å². The van der Waals surface area contributed by atoms with Crippen LogP contribution in [0.25, 0.3) is 0 Å². The van der Waals surface area contributed by atoms with E-state index in [1.807, 2.05) is 42.5 Å². The summed E-state index contributed by atoms with van der Waals surface area (Å²) in [6, 6.07) is 13.1. The first-order chi connectivity index (χ1) is 11.0. The number of rotatable bonds is 6. The van der Waals surface area contributed by atoms with Crippen molar-refractivity contribution in [2.75, 3.05) is 23.3 Å². The number of nitrogens with zero attached hydrogens (tertiary/aromatic N) is 2. The summed E-state index contributed by atoms with van der Waals surface area (Å²) in [4.78, 5) is 19.0. The zero-order chi connectivity index (χ0) is 16.9. The molecule has 0 aliphatic rings. The normalized spacial score (nSPS) is 13.2. The van der Waals surface area contributed by atoms with Crippen molar-refractivity contribution in [3.05, 3.63) is 54.2 Å². The third-order valence-electron chi connectivity index (χ3n) is 3.94. The number of anilines is 2. The van der Waals surface area contributed by atoms with Crippen molar-refractivity contribution in [3.63, 3.8) is 0 Å². The molecule has 122 valence electrons. The fourth-order valence-corrected chi connectivity index (χ4v) is 2.37. The van der Waals surface area contributed by atoms with Gasteiger partial charge in [0.05, 0.1) is 11.9 Å². The van der Waals surface area contributed by atoms with Crippen LogP contribution in [0.5, 0.6) is 0 Å². The Hall–Kier alpha value is -2.40. The van der Waals surface area contributed by atoms with Crippen LogP contribution in [0.15, 0.2) is 48.7 Å². The lowest BCUT2D eigenvalue weighted by atomic mass is 9.92. The van der Waals surface area contributed by atoms with Crippen molar-refractivity contribution in [1.82, 2.24) is 4.98 Å². The molecule has 23 heavy (non-hydrogen) atoms. The maximum absolute atomic E-state index is 12.5. The van der Waals surface area contributed by atoms with E-state index in [0.717, 1.165) is 24.5 Å². The molecule has 0 radical (unpaired) electrons. The van der Waals surface area contributed by atoms with Gasteiger partial charge in [-0.2, -0.15) is 0 Å². The average Bonchev–Trinajstić information content (AvgIpc) is 2.58. The second-order valence-electron chi connectivity index (χ2n) is 5.60. The number of pyridine rings is 1. The topological polar surface area (TPSA) is 71.2 Å². The molecule has 0 aliphatic carbocycles. The molecule has 3 N–H and O–H groups in total. The Bertz CT molecular complexity index is 634. The minimum absolute atomic E-state index is 0.263. The minimum atomic E-state index is -1.10. The summed E-state index contributed by atoms with van der Waals surface area (Å²) in [7, 11) is 0. The lowest BCUT2D eigenvalue weighted by molar-refractivity contribution is -0.120. The van der Waals surface area contributed by atoms with E-state index in [1.165, 1.54) is 0 Å². The Morgan fingerprint density at radius 2 is 1.83 bits per heavy atom. The smallest absolute Gasteiger partial charge is 0.248 e. The van der Waals surface area contributed by atoms with Crippen molar-refractivity contribution in [1.29, 1.82) is 0 Å². The van der Waals surface area contributed by atoms with Crippen LogP contribution < -0.4 is 16.0 Å². The largest absolute Gasteiger partial charge is 0.357 e. The van der Waals surface area contributed by atoms with Gasteiger partial charge < -0.3 is 16.0 Å². The van der Waals surface area contributed by atoms with Crippen LogP contribution in [0.1, 0.15) is 26.3 Å². The summed E-state index contributed by atoms with van der Waals surface area (Å²) in [5, 5.41) is 2.84. The summed E-state index contributed by atoms with van der Waals surface area (Å²) >= 11 is 0. The Balaban J connectivity index is 2.11. The zero-order valence-corrected chi connectivity index (χ0v) is 13.9. The van der Waals surface area contributed by atoms with Crippen LogP contribution in [0.3, 0.4) is 0 Å². The highest BCUT2D eigenvalue weighted by molar-refractivity contribution is 5.98. The van der Waals surface area contributed by atoms with Crippen LogP contribution in [0, 0.1) is 0 Å². The fourth-order valence-electron chi connectivity index (χ4n) is 2.37. The van der Waals surface area contributed by atoms with Gasteiger partial charge in [0.2, 0.25) is 5.91 Å². The van der Waals surface area contributed by atoms with Gasteiger partial charge in [0.15, 0.2) is 0 Å². The Morgan fingerprint density at radius 1 is 1.17 bits per heavy atom. The summed E-state index contributed by atoms with van der Waals surface area (Å²) < 4.78 is 0. The Morgan fingerprint density at radius 3 is 2.35 bits per heavy atom. The second-order valence-corrected chi connectivity index (χ2v) is 5.60. The monoisotopic (exact) mass is 312 g/mol. The molecule has 0 aliphatic heterocycles. The lowest BCUT2D eigenvalue weighted by Gasteiger charge is -2.24. The van der Waals surface area contributed by atoms with Gasteiger partial charge in [-0.25, -0.2) is 4.98 Å². The first-order valence-electron chi connectivity index (χ1n) is 7.85. The quantitative estimate of drug-likeness (QED) is 0.860. The highest BCUT2D eigenvalue weighted by atomic mass is 16.2. The number of hydrogen-bond donors (Lipinski definition) is 2. The molecule has 0 saturated heterocycles. The minimum Gasteiger partial charge on any atom is -0.357 e. The Labute approximate surface area is 137 Å². The fraction of sp³-hybridized carbons (Fsp3) is 0.333. The van der Waals surface area contributed by atoms with Gasteiger partial charge in [-0.15, -0.1) is 0 Å². The number of carbonyl (C=O) groups is 1. The van der Waals surface area contributed by atoms with Crippen LogP contribution in [0.2, 0.25) is 0 Å². The predicted molar refractivity (Wildman–Crippen MR) is 94.4 cm³/mol. The zero-order valence-electron chi connectivity index (χ0n) is 13.9. The van der Waals surface area contributed by atoms with Crippen molar-refractivity contribution < 1.29 is 4.79 Å². The van der Waals surface area contributed by atoms with E-state index in [0.29, 0.717) is 5.69 Å². The highest BCUT2D eigenvalue weighted by Crippen LogP contribution is 2.20. The molecule has 5 nitrogen and oxygen atoms in total. The third kappa shape index (κ3) is 3.87. The number of benzene rings is 1. The molecular formula is C18H24N4O. The van der Waals surface area contributed by atoms with Gasteiger partial charge >= 0.3 is 0 Å². The summed E-state index contributed by atoms with van der Waals surface area (Å²) in [5.74, 6) is 0.632. The molecule has 0 fully saturated rings. The number of carbonyl (C=O) groups excluding carboxylic acids is 1. The van der Waals surface area contributed by atoms with Crippen LogP contribution in [-0.2, 0) is 10.3 Å². The SMILES string of the molecule is CCN(CC)c1ccc(NC(=O)C(C)(N)c2ccccc2)cn1. The molecular weight excluding hydrogens is 288 g/mol. The molecule has 1 atom stereocenters. The third-order valence-corrected chi connectivity index (χ3v) is 3.94. The number of aromatic nitrogens is 1. The van der Waals surface area contributed by atoms with Gasteiger partial charge in [0, 0.05) is 13.1 Å². The van der Waals surface area contributed by atoms with Gasteiger partial charge in [-0.1, -0.05) is 30.3 Å². The molecule has 1 unspecified atom stereocenters. The number of hydrogen-bond acceptors (Lipinski definition) is 4. The molecule has 0 spiro atoms. The van der Waals surface area contributed by atoms with Crippen LogP contribution in [-0.4, -0.2) is 24.0 Å². The standard InChI is InChI=1S/C18H24N4O/c1-4-22(5-2)16-12-11-15(13-20-16)21-17(23)18(3,19)14-9-7-6-8-10-14/h6-13H,4-5,19H2,1-3H3,(H,21,23). The van der Waals surface area contributed by atoms with Crippen molar-refractivity contribution in [2.45, 2.75) is 26.3 Å². The molecule has 2 aromatic rings. The number of nitrogens with two attached hydrogens (primary N) is 1. The van der Waals surface area contributed by atoms with E-state index in [2.05, 4.69) is 29.0 Å². The molecule has 1 amide bonds. The van der Waals surface area contributed by atoms with Gasteiger partial charge in [-0.05, 0) is 38.5 Å². The summed E-state index contributed by atoms with van der Waals surface area (Å²) in [5.41, 5.74) is 6.52. The van der Waals surface area contributed by atoms with E-state index in [-0.39, 0.29) is 5.91 Å². The molecule has 1 aromatic carbocycles. The van der Waals surface area contributed by atoms with E-state index in [4.69, 9.17) is 5.73 Å². The van der Waals surface area contributed by atoms with E-state index in [9.17, 15) is 4.79 Å². The maximum Gasteiger partial charge on any atom is 0.248 e. The molecule has 0 saturated carbocycles. The van der Waals surface area contributed by atoms with Gasteiger partial charge in [-0.3, -0.25) is 4.79 Å². The van der Waals surface area contributed by atoms with Crippen LogP contribution >= 0.6 is 0 Å². The van der Waals surface area contributed by atoms with E-state index >= 15 is 0 Å². The first-order valence-corrected chi connectivity index (χ1v) is 7.85. The van der Waals surface area contributed by atoms with Crippen molar-refractivity contribution >= 4 is 17.4 Å². The summed E-state index contributed by atoms with van der Waals surface area (Å²) in [6.07, 6.45) is 1.66. The summed E-state index contributed by atoms with van der Waals surface area (Å²) in [6.45, 7) is 7.66. The molecule has 5 heteroatoms. The first kappa shape index (κ1) is 17.0. The molecule has 1 heterocycles. The van der Waals surface area contributed by atoms with Gasteiger partial charge in [0.1, 0.15) is 11.4 Å². The van der Waals surface area contributed by atoms with E-state index < -0.39 is 5.54 Å². The molecule has 1 aromatic heterocycles. The van der Waals surface area contributed by atoms with Crippen molar-refractivity contribution in [3.8, 4) is 0 Å². The van der Waals surface area contributed by atoms with E-state index in [1.54, 1.807) is 13.1 Å². The maximum atomic E-state index is 12.5. The second kappa shape index (κ2) is 7.24. The number of nitrogens with one attached hydrogen (secondary N) is 1. The average molecular weight is 312 g/mol. The highest BCUT2D eigenvalue weighted by Gasteiger charge is 2.30. The molecule has 2 rings (SSSR count). The van der Waals surface area contributed by atoms with Crippen molar-refractivity contribution in [2.24, 2.45) is 5.73 Å².